The molecule has 0 unspecified atom stereocenters. The molecular formula is C26H29FN4O2. The number of carbonyl (C=O) groups excluding carboxylic acids is 2. The first-order chi connectivity index (χ1) is 15.7. The van der Waals surface area contributed by atoms with Crippen LogP contribution in [0.25, 0.3) is 16.7 Å². The second-order valence-electron chi connectivity index (χ2n) is 10.2. The van der Waals surface area contributed by atoms with Gasteiger partial charge in [0.1, 0.15) is 11.5 Å². The number of rotatable bonds is 4. The predicted octanol–water partition coefficient (Wildman–Crippen LogP) is 5.16. The smallest absolute Gasteiger partial charge is 0.253 e. The van der Waals surface area contributed by atoms with E-state index in [0.717, 1.165) is 36.8 Å². The van der Waals surface area contributed by atoms with E-state index in [2.05, 4.69) is 24.1 Å². The standard InChI is InChI=1S/C26H29FN4O2/c1-26(2)13-20-22(21(32)14-26)17-9-6-10-29-25(17)31(20)16-11-18(27)23(24(28)33)19(12-16)30-15-7-4-3-5-8-15/h6,9-12,15,30H,3-5,7-8,13-14H2,1-2H3,(H2,28,33). The van der Waals surface area contributed by atoms with Gasteiger partial charge >= 0.3 is 0 Å². The van der Waals surface area contributed by atoms with Crippen LogP contribution in [0.15, 0.2) is 30.5 Å². The maximum absolute atomic E-state index is 15.3. The van der Waals surface area contributed by atoms with Crippen LogP contribution in [-0.2, 0) is 6.42 Å². The number of hydrogen-bond donors (Lipinski definition) is 2. The molecule has 2 aliphatic rings. The molecule has 1 saturated carbocycles. The molecule has 2 aliphatic carbocycles. The number of carbonyl (C=O) groups is 2. The van der Waals surface area contributed by atoms with Crippen LogP contribution in [-0.4, -0.2) is 27.3 Å². The topological polar surface area (TPSA) is 90.0 Å². The first-order valence-electron chi connectivity index (χ1n) is 11.7. The summed E-state index contributed by atoms with van der Waals surface area (Å²) in [5.74, 6) is -1.40. The Morgan fingerprint density at radius 3 is 2.70 bits per heavy atom. The van der Waals surface area contributed by atoms with Crippen LogP contribution in [0.4, 0.5) is 10.1 Å². The van der Waals surface area contributed by atoms with Crippen LogP contribution in [0, 0.1) is 11.2 Å². The molecule has 5 rings (SSSR count). The molecule has 0 saturated heterocycles. The molecule has 0 spiro atoms. The van der Waals surface area contributed by atoms with Crippen molar-refractivity contribution in [2.24, 2.45) is 11.1 Å². The van der Waals surface area contributed by atoms with Crippen LogP contribution in [0.1, 0.15) is 78.8 Å². The summed E-state index contributed by atoms with van der Waals surface area (Å²) in [5.41, 5.74) is 8.27. The fourth-order valence-electron chi connectivity index (χ4n) is 5.51. The molecule has 7 heteroatoms. The van der Waals surface area contributed by atoms with Gasteiger partial charge in [0, 0.05) is 35.3 Å². The van der Waals surface area contributed by atoms with Crippen molar-refractivity contribution in [3.8, 4) is 5.69 Å². The summed E-state index contributed by atoms with van der Waals surface area (Å²) in [6.45, 7) is 4.13. The Hall–Kier alpha value is -3.22. The number of pyridine rings is 1. The number of hydrogen-bond acceptors (Lipinski definition) is 4. The largest absolute Gasteiger partial charge is 0.382 e. The minimum Gasteiger partial charge on any atom is -0.382 e. The molecule has 33 heavy (non-hydrogen) atoms. The van der Waals surface area contributed by atoms with Gasteiger partial charge in [-0.3, -0.25) is 14.2 Å². The van der Waals surface area contributed by atoms with Gasteiger partial charge in [-0.05, 0) is 48.9 Å². The van der Waals surface area contributed by atoms with E-state index in [9.17, 15) is 9.59 Å². The number of benzene rings is 1. The molecule has 1 aromatic carbocycles. The van der Waals surface area contributed by atoms with Crippen molar-refractivity contribution >= 4 is 28.4 Å². The van der Waals surface area contributed by atoms with Crippen molar-refractivity contribution in [1.82, 2.24) is 9.55 Å². The van der Waals surface area contributed by atoms with E-state index in [1.165, 1.54) is 12.5 Å². The van der Waals surface area contributed by atoms with E-state index < -0.39 is 11.7 Å². The lowest BCUT2D eigenvalue weighted by molar-refractivity contribution is 0.0911. The minimum atomic E-state index is -0.800. The second kappa shape index (κ2) is 7.97. The van der Waals surface area contributed by atoms with Gasteiger partial charge in [-0.25, -0.2) is 9.37 Å². The van der Waals surface area contributed by atoms with Crippen molar-refractivity contribution in [3.05, 3.63) is 53.1 Å². The molecule has 0 aliphatic heterocycles. The number of amides is 1. The minimum absolute atomic E-state index is 0.0767. The molecule has 172 valence electrons. The average Bonchev–Trinajstić information content (AvgIpc) is 3.06. The Kier molecular flexibility index (Phi) is 5.22. The zero-order chi connectivity index (χ0) is 23.3. The van der Waals surface area contributed by atoms with Gasteiger partial charge in [-0.1, -0.05) is 33.1 Å². The molecule has 6 nitrogen and oxygen atoms in total. The quantitative estimate of drug-likeness (QED) is 0.577. The summed E-state index contributed by atoms with van der Waals surface area (Å²) in [6, 6.07) is 6.97. The lowest BCUT2D eigenvalue weighted by Gasteiger charge is -2.30. The van der Waals surface area contributed by atoms with Crippen molar-refractivity contribution < 1.29 is 14.0 Å². The van der Waals surface area contributed by atoms with Crippen molar-refractivity contribution in [2.45, 2.75) is 64.8 Å². The highest BCUT2D eigenvalue weighted by Crippen LogP contribution is 2.41. The molecule has 0 radical (unpaired) electrons. The maximum Gasteiger partial charge on any atom is 0.253 e. The van der Waals surface area contributed by atoms with E-state index in [1.54, 1.807) is 12.3 Å². The third kappa shape index (κ3) is 3.79. The van der Waals surface area contributed by atoms with Crippen LogP contribution < -0.4 is 11.1 Å². The van der Waals surface area contributed by atoms with Gasteiger partial charge in [0.15, 0.2) is 5.78 Å². The maximum atomic E-state index is 15.3. The molecule has 0 atom stereocenters. The molecule has 2 aromatic heterocycles. The number of nitrogens with zero attached hydrogens (tertiary/aromatic N) is 2. The van der Waals surface area contributed by atoms with Crippen LogP contribution in [0.3, 0.4) is 0 Å². The Bertz CT molecular complexity index is 1270. The zero-order valence-electron chi connectivity index (χ0n) is 19.1. The highest BCUT2D eigenvalue weighted by molar-refractivity contribution is 6.10. The zero-order valence-corrected chi connectivity index (χ0v) is 19.1. The normalized spacial score (nSPS) is 18.3. The van der Waals surface area contributed by atoms with E-state index in [1.807, 2.05) is 16.7 Å². The molecule has 3 N–H and O–H groups in total. The van der Waals surface area contributed by atoms with E-state index in [0.29, 0.717) is 35.4 Å². The SMILES string of the molecule is CC1(C)CC(=O)c2c(n(-c3cc(F)c(C(N)=O)c(NC4CCCCC4)c3)c3ncccc23)C1. The number of anilines is 1. The number of nitrogens with one attached hydrogen (secondary N) is 1. The van der Waals surface area contributed by atoms with Gasteiger partial charge < -0.3 is 11.1 Å². The summed E-state index contributed by atoms with van der Waals surface area (Å²) in [4.78, 5) is 29.8. The Morgan fingerprint density at radius 1 is 1.21 bits per heavy atom. The summed E-state index contributed by atoms with van der Waals surface area (Å²) in [7, 11) is 0. The second-order valence-corrected chi connectivity index (χ2v) is 10.2. The van der Waals surface area contributed by atoms with Gasteiger partial charge in [0.2, 0.25) is 0 Å². The van der Waals surface area contributed by atoms with Gasteiger partial charge in [0.25, 0.3) is 5.91 Å². The summed E-state index contributed by atoms with van der Waals surface area (Å²) >= 11 is 0. The summed E-state index contributed by atoms with van der Waals surface area (Å²) < 4.78 is 17.2. The molecule has 1 fully saturated rings. The van der Waals surface area contributed by atoms with Crippen molar-refractivity contribution in [1.29, 1.82) is 0 Å². The summed E-state index contributed by atoms with van der Waals surface area (Å²) in [5, 5.41) is 4.16. The van der Waals surface area contributed by atoms with Crippen LogP contribution in [0.2, 0.25) is 0 Å². The van der Waals surface area contributed by atoms with Crippen molar-refractivity contribution in [2.75, 3.05) is 5.32 Å². The molecular weight excluding hydrogens is 419 g/mol. The van der Waals surface area contributed by atoms with E-state index in [-0.39, 0.29) is 22.8 Å². The Labute approximate surface area is 192 Å². The highest BCUT2D eigenvalue weighted by atomic mass is 19.1. The number of Topliss-reactive ketones (excluding diaryl/α,β-unsaturated/α-hetero) is 1. The predicted molar refractivity (Wildman–Crippen MR) is 126 cm³/mol. The monoisotopic (exact) mass is 448 g/mol. The number of nitrogens with two attached hydrogens (primary N) is 1. The number of halogens is 1. The third-order valence-electron chi connectivity index (χ3n) is 6.93. The molecule has 2 heterocycles. The van der Waals surface area contributed by atoms with Gasteiger partial charge in [0.05, 0.1) is 16.9 Å². The first kappa shape index (κ1) is 21.6. The van der Waals surface area contributed by atoms with E-state index in [4.69, 9.17) is 5.73 Å². The highest BCUT2D eigenvalue weighted by Gasteiger charge is 2.36. The fraction of sp³-hybridized carbons (Fsp3) is 0.423. The molecule has 0 bridgehead atoms. The van der Waals surface area contributed by atoms with Crippen molar-refractivity contribution in [3.63, 3.8) is 0 Å². The fourth-order valence-corrected chi connectivity index (χ4v) is 5.51. The third-order valence-corrected chi connectivity index (χ3v) is 6.93. The van der Waals surface area contributed by atoms with Gasteiger partial charge in [-0.2, -0.15) is 0 Å². The number of ketones is 1. The number of aromatic nitrogens is 2. The first-order valence-corrected chi connectivity index (χ1v) is 11.7. The van der Waals surface area contributed by atoms with Gasteiger partial charge in [-0.15, -0.1) is 0 Å². The van der Waals surface area contributed by atoms with E-state index >= 15 is 4.39 Å². The lowest BCUT2D eigenvalue weighted by Crippen LogP contribution is -2.28. The lowest BCUT2D eigenvalue weighted by atomic mass is 9.75. The summed E-state index contributed by atoms with van der Waals surface area (Å²) in [6.07, 6.45) is 8.12. The average molecular weight is 449 g/mol. The Balaban J connectivity index is 1.72. The van der Waals surface area contributed by atoms with Crippen LogP contribution >= 0.6 is 0 Å². The molecule has 3 aromatic rings. The Morgan fingerprint density at radius 2 is 1.97 bits per heavy atom. The van der Waals surface area contributed by atoms with Crippen LogP contribution in [0.5, 0.6) is 0 Å². The number of primary amides is 1. The number of fused-ring (bicyclic) bond motifs is 3. The molecule has 1 amide bonds.